The summed E-state index contributed by atoms with van der Waals surface area (Å²) in [7, 11) is 1.91. The number of hydrogen-bond acceptors (Lipinski definition) is 1. The zero-order valence-electron chi connectivity index (χ0n) is 6.79. The molecule has 0 spiro atoms. The number of hydrogen-bond donors (Lipinski definition) is 0. The fourth-order valence-corrected chi connectivity index (χ4v) is 1.57. The van der Waals surface area contributed by atoms with E-state index < -0.39 is 0 Å². The number of halogens is 1. The molecule has 1 aromatic carbocycles. The third kappa shape index (κ3) is 1.08. The minimum Gasteiger partial charge on any atom is -0.275 e. The molecule has 2 aromatic rings. The van der Waals surface area contributed by atoms with E-state index in [1.807, 2.05) is 31.4 Å². The van der Waals surface area contributed by atoms with Gasteiger partial charge in [-0.15, -0.1) is 11.6 Å². The van der Waals surface area contributed by atoms with Crippen LogP contribution in [0.2, 0.25) is 0 Å². The molecule has 0 amide bonds. The average molecular weight is 181 g/mol. The molecule has 0 saturated carbocycles. The summed E-state index contributed by atoms with van der Waals surface area (Å²) in [6.07, 6.45) is 1.99. The molecule has 3 heteroatoms. The van der Waals surface area contributed by atoms with Gasteiger partial charge in [-0.3, -0.25) is 4.68 Å². The van der Waals surface area contributed by atoms with Crippen molar-refractivity contribution in [2.24, 2.45) is 7.05 Å². The normalized spacial score (nSPS) is 10.8. The second-order valence-electron chi connectivity index (χ2n) is 2.79. The molecule has 1 aromatic heterocycles. The lowest BCUT2D eigenvalue weighted by atomic mass is 10.1. The van der Waals surface area contributed by atoms with Gasteiger partial charge in [0.2, 0.25) is 0 Å². The molecule has 2 rings (SSSR count). The Kier molecular flexibility index (Phi) is 1.77. The number of nitrogens with zero attached hydrogens (tertiary/aromatic N) is 2. The predicted octanol–water partition coefficient (Wildman–Crippen LogP) is 2.31. The highest BCUT2D eigenvalue weighted by atomic mass is 35.5. The van der Waals surface area contributed by atoms with Crippen molar-refractivity contribution >= 4 is 22.5 Å². The lowest BCUT2D eigenvalue weighted by molar-refractivity contribution is 0.779. The van der Waals surface area contributed by atoms with Crippen LogP contribution >= 0.6 is 11.6 Å². The van der Waals surface area contributed by atoms with Gasteiger partial charge in [-0.1, -0.05) is 12.1 Å². The van der Waals surface area contributed by atoms with E-state index in [2.05, 4.69) is 5.10 Å². The van der Waals surface area contributed by atoms with E-state index in [1.54, 1.807) is 4.68 Å². The van der Waals surface area contributed by atoms with Crippen molar-refractivity contribution in [2.45, 2.75) is 5.88 Å². The van der Waals surface area contributed by atoms with Crippen LogP contribution in [0.25, 0.3) is 10.9 Å². The van der Waals surface area contributed by atoms with E-state index in [9.17, 15) is 0 Å². The van der Waals surface area contributed by atoms with Crippen LogP contribution in [0.4, 0.5) is 0 Å². The molecule has 0 aliphatic carbocycles. The summed E-state index contributed by atoms with van der Waals surface area (Å²) in [5.74, 6) is 0.545. The van der Waals surface area contributed by atoms with Crippen LogP contribution in [-0.4, -0.2) is 9.78 Å². The molecular formula is C9H9ClN2. The summed E-state index contributed by atoms with van der Waals surface area (Å²) in [6, 6.07) is 6.00. The van der Waals surface area contributed by atoms with Crippen molar-refractivity contribution in [1.29, 1.82) is 0 Å². The maximum Gasteiger partial charge on any atom is 0.0926 e. The number of benzene rings is 1. The van der Waals surface area contributed by atoms with E-state index in [1.165, 1.54) is 0 Å². The van der Waals surface area contributed by atoms with Crippen LogP contribution < -0.4 is 0 Å². The zero-order chi connectivity index (χ0) is 8.55. The molecule has 0 atom stereocenters. The first-order valence-corrected chi connectivity index (χ1v) is 4.32. The van der Waals surface area contributed by atoms with Gasteiger partial charge in [-0.2, -0.15) is 5.10 Å². The number of rotatable bonds is 1. The van der Waals surface area contributed by atoms with Crippen LogP contribution in [0.1, 0.15) is 5.56 Å². The highest BCUT2D eigenvalue weighted by Gasteiger charge is 2.01. The van der Waals surface area contributed by atoms with E-state index in [0.717, 1.165) is 16.5 Å². The second kappa shape index (κ2) is 2.79. The van der Waals surface area contributed by atoms with Gasteiger partial charge in [0.25, 0.3) is 0 Å². The molecule has 2 nitrogen and oxygen atoms in total. The lowest BCUT2D eigenvalue weighted by Crippen LogP contribution is -1.84. The average Bonchev–Trinajstić information content (AvgIpc) is 2.44. The highest BCUT2D eigenvalue weighted by Crippen LogP contribution is 2.18. The molecule has 0 radical (unpaired) electrons. The SMILES string of the molecule is Cn1cc2c(CCl)cccc2n1. The summed E-state index contributed by atoms with van der Waals surface area (Å²) < 4.78 is 1.81. The van der Waals surface area contributed by atoms with E-state index in [4.69, 9.17) is 11.6 Å². The first-order chi connectivity index (χ1) is 5.81. The molecule has 0 N–H and O–H groups in total. The van der Waals surface area contributed by atoms with Crippen LogP contribution in [0, 0.1) is 0 Å². The summed E-state index contributed by atoms with van der Waals surface area (Å²) >= 11 is 5.78. The fraction of sp³-hybridized carbons (Fsp3) is 0.222. The molecule has 0 fully saturated rings. The minimum absolute atomic E-state index is 0.545. The van der Waals surface area contributed by atoms with Crippen LogP contribution in [0.3, 0.4) is 0 Å². The maximum atomic E-state index is 5.78. The predicted molar refractivity (Wildman–Crippen MR) is 50.3 cm³/mol. The monoisotopic (exact) mass is 180 g/mol. The lowest BCUT2D eigenvalue weighted by Gasteiger charge is -1.94. The summed E-state index contributed by atoms with van der Waals surface area (Å²) in [4.78, 5) is 0. The number of aromatic nitrogens is 2. The Morgan fingerprint density at radius 1 is 1.50 bits per heavy atom. The van der Waals surface area contributed by atoms with E-state index in [0.29, 0.717) is 5.88 Å². The van der Waals surface area contributed by atoms with Crippen molar-refractivity contribution in [3.05, 3.63) is 30.0 Å². The third-order valence-corrected chi connectivity index (χ3v) is 2.19. The van der Waals surface area contributed by atoms with Crippen molar-refractivity contribution in [3.8, 4) is 0 Å². The van der Waals surface area contributed by atoms with Gasteiger partial charge in [-0.05, 0) is 11.6 Å². The summed E-state index contributed by atoms with van der Waals surface area (Å²) in [6.45, 7) is 0. The minimum atomic E-state index is 0.545. The van der Waals surface area contributed by atoms with Crippen molar-refractivity contribution < 1.29 is 0 Å². The Morgan fingerprint density at radius 3 is 3.08 bits per heavy atom. The molecule has 0 unspecified atom stereocenters. The van der Waals surface area contributed by atoms with E-state index >= 15 is 0 Å². The summed E-state index contributed by atoms with van der Waals surface area (Å²) in [5, 5.41) is 5.43. The van der Waals surface area contributed by atoms with Gasteiger partial charge in [-0.25, -0.2) is 0 Å². The zero-order valence-corrected chi connectivity index (χ0v) is 7.54. The molecule has 12 heavy (non-hydrogen) atoms. The molecule has 1 heterocycles. The molecular weight excluding hydrogens is 172 g/mol. The number of aryl methyl sites for hydroxylation is 1. The molecule has 0 bridgehead atoms. The van der Waals surface area contributed by atoms with Crippen LogP contribution in [-0.2, 0) is 12.9 Å². The maximum absolute atomic E-state index is 5.78. The smallest absolute Gasteiger partial charge is 0.0926 e. The van der Waals surface area contributed by atoms with Gasteiger partial charge in [0.15, 0.2) is 0 Å². The standard InChI is InChI=1S/C9H9ClN2/c1-12-6-8-7(5-10)3-2-4-9(8)11-12/h2-4,6H,5H2,1H3. The third-order valence-electron chi connectivity index (χ3n) is 1.90. The number of alkyl halides is 1. The highest BCUT2D eigenvalue weighted by molar-refractivity contribution is 6.18. The van der Waals surface area contributed by atoms with Gasteiger partial charge in [0, 0.05) is 24.5 Å². The fourth-order valence-electron chi connectivity index (χ4n) is 1.34. The first kappa shape index (κ1) is 7.62. The Hall–Kier alpha value is -1.02. The Balaban J connectivity index is 2.78. The first-order valence-electron chi connectivity index (χ1n) is 3.78. The van der Waals surface area contributed by atoms with Crippen molar-refractivity contribution in [3.63, 3.8) is 0 Å². The second-order valence-corrected chi connectivity index (χ2v) is 3.05. The number of fused-ring (bicyclic) bond motifs is 1. The Morgan fingerprint density at radius 2 is 2.33 bits per heavy atom. The summed E-state index contributed by atoms with van der Waals surface area (Å²) in [5.41, 5.74) is 2.15. The molecule has 0 aliphatic heterocycles. The Labute approximate surface area is 75.8 Å². The van der Waals surface area contributed by atoms with Gasteiger partial charge in [0.05, 0.1) is 5.52 Å². The quantitative estimate of drug-likeness (QED) is 0.616. The van der Waals surface area contributed by atoms with Gasteiger partial charge < -0.3 is 0 Å². The van der Waals surface area contributed by atoms with Crippen molar-refractivity contribution in [2.75, 3.05) is 0 Å². The topological polar surface area (TPSA) is 17.8 Å². The van der Waals surface area contributed by atoms with Crippen molar-refractivity contribution in [1.82, 2.24) is 9.78 Å². The molecule has 0 saturated heterocycles. The molecule has 0 aliphatic rings. The van der Waals surface area contributed by atoms with E-state index in [-0.39, 0.29) is 0 Å². The van der Waals surface area contributed by atoms with Crippen LogP contribution in [0.15, 0.2) is 24.4 Å². The van der Waals surface area contributed by atoms with Gasteiger partial charge >= 0.3 is 0 Å². The largest absolute Gasteiger partial charge is 0.275 e. The van der Waals surface area contributed by atoms with Crippen LogP contribution in [0.5, 0.6) is 0 Å². The van der Waals surface area contributed by atoms with Gasteiger partial charge in [0.1, 0.15) is 0 Å². The Bertz CT molecular complexity index is 406. The molecule has 62 valence electrons.